The molecule has 0 saturated heterocycles. The smallest absolute Gasteiger partial charge is 0.153 e. The number of H-pyrrole nitrogens is 1. The van der Waals surface area contributed by atoms with Crippen LogP contribution in [0.2, 0.25) is 9.36 Å². The van der Waals surface area contributed by atoms with Crippen LogP contribution in [0.3, 0.4) is 0 Å². The van der Waals surface area contributed by atoms with Crippen molar-refractivity contribution in [2.45, 2.75) is 0 Å². The lowest BCUT2D eigenvalue weighted by Crippen LogP contribution is -1.88. The molecule has 0 aliphatic heterocycles. The number of nitrogens with zero attached hydrogens (tertiary/aromatic N) is 1. The highest BCUT2D eigenvalue weighted by molar-refractivity contribution is 7.19. The van der Waals surface area contributed by atoms with E-state index in [-0.39, 0.29) is 0 Å². The quantitative estimate of drug-likeness (QED) is 0.721. The summed E-state index contributed by atoms with van der Waals surface area (Å²) in [7, 11) is 0. The first-order valence-corrected chi connectivity index (χ1v) is 7.08. The fourth-order valence-electron chi connectivity index (χ4n) is 1.92. The van der Waals surface area contributed by atoms with Crippen molar-refractivity contribution in [3.8, 4) is 21.7 Å². The van der Waals surface area contributed by atoms with Crippen LogP contribution in [0.4, 0.5) is 5.82 Å². The Morgan fingerprint density at radius 3 is 2.68 bits per heavy atom. The molecule has 19 heavy (non-hydrogen) atoms. The minimum atomic E-state index is 0.446. The van der Waals surface area contributed by atoms with E-state index >= 15 is 0 Å². The van der Waals surface area contributed by atoms with Gasteiger partial charge < -0.3 is 5.73 Å². The molecule has 2 aromatic heterocycles. The molecule has 0 atom stereocenters. The Morgan fingerprint density at radius 1 is 1.16 bits per heavy atom. The molecular weight excluding hydrogens is 301 g/mol. The summed E-state index contributed by atoms with van der Waals surface area (Å²) in [5, 5.41) is 7.70. The van der Waals surface area contributed by atoms with E-state index in [1.807, 2.05) is 36.4 Å². The fourth-order valence-corrected chi connectivity index (χ4v) is 3.15. The van der Waals surface area contributed by atoms with Crippen molar-refractivity contribution in [2.75, 3.05) is 5.73 Å². The third-order valence-electron chi connectivity index (χ3n) is 2.73. The van der Waals surface area contributed by atoms with Crippen molar-refractivity contribution >= 4 is 40.4 Å². The van der Waals surface area contributed by atoms with Crippen LogP contribution in [-0.4, -0.2) is 10.2 Å². The first-order chi connectivity index (χ1) is 9.15. The normalized spacial score (nSPS) is 10.8. The maximum Gasteiger partial charge on any atom is 0.153 e. The predicted molar refractivity (Wildman–Crippen MR) is 81.8 cm³/mol. The van der Waals surface area contributed by atoms with Gasteiger partial charge in [-0.2, -0.15) is 5.10 Å². The second-order valence-electron chi connectivity index (χ2n) is 3.97. The van der Waals surface area contributed by atoms with Crippen molar-refractivity contribution < 1.29 is 0 Å². The van der Waals surface area contributed by atoms with E-state index < -0.39 is 0 Å². The molecule has 0 fully saturated rings. The molecule has 0 aliphatic carbocycles. The lowest BCUT2D eigenvalue weighted by Gasteiger charge is -2.03. The van der Waals surface area contributed by atoms with Crippen molar-refractivity contribution in [1.29, 1.82) is 0 Å². The van der Waals surface area contributed by atoms with Gasteiger partial charge in [0.1, 0.15) is 0 Å². The molecule has 1 aromatic carbocycles. The third kappa shape index (κ3) is 2.34. The van der Waals surface area contributed by atoms with Crippen LogP contribution in [0.25, 0.3) is 21.7 Å². The van der Waals surface area contributed by atoms with Gasteiger partial charge in [-0.3, -0.25) is 5.10 Å². The van der Waals surface area contributed by atoms with Crippen LogP contribution >= 0.6 is 34.5 Å². The third-order valence-corrected chi connectivity index (χ3v) is 4.21. The van der Waals surface area contributed by atoms with Gasteiger partial charge in [-0.05, 0) is 29.8 Å². The number of thiophene rings is 1. The number of halogens is 2. The number of aromatic nitrogens is 2. The van der Waals surface area contributed by atoms with Gasteiger partial charge in [0.25, 0.3) is 0 Å². The zero-order valence-electron chi connectivity index (χ0n) is 9.65. The van der Waals surface area contributed by atoms with Crippen LogP contribution in [-0.2, 0) is 0 Å². The van der Waals surface area contributed by atoms with Crippen LogP contribution in [0, 0.1) is 0 Å². The van der Waals surface area contributed by atoms with E-state index in [1.54, 1.807) is 0 Å². The van der Waals surface area contributed by atoms with Gasteiger partial charge in [0, 0.05) is 5.02 Å². The molecule has 2 heterocycles. The number of nitrogens with one attached hydrogen (secondary N) is 1. The largest absolute Gasteiger partial charge is 0.382 e. The first kappa shape index (κ1) is 12.5. The van der Waals surface area contributed by atoms with Gasteiger partial charge in [-0.25, -0.2) is 0 Å². The molecule has 3 N–H and O–H groups in total. The Labute approximate surface area is 124 Å². The Balaban J connectivity index is 2.19. The van der Waals surface area contributed by atoms with E-state index in [2.05, 4.69) is 10.2 Å². The SMILES string of the molecule is Nc1n[nH]c(-c2ccc(Cl)s2)c1-c1cccc(Cl)c1. The Morgan fingerprint density at radius 2 is 2.00 bits per heavy atom. The average molecular weight is 310 g/mol. The number of nitrogen functional groups attached to an aromatic ring is 1. The molecule has 3 nitrogen and oxygen atoms in total. The van der Waals surface area contributed by atoms with Crippen molar-refractivity contribution in [3.05, 3.63) is 45.8 Å². The Hall–Kier alpha value is -1.49. The number of benzene rings is 1. The van der Waals surface area contributed by atoms with Crippen molar-refractivity contribution in [2.24, 2.45) is 0 Å². The maximum atomic E-state index is 6.03. The zero-order chi connectivity index (χ0) is 13.4. The van der Waals surface area contributed by atoms with E-state index in [1.165, 1.54) is 11.3 Å². The molecule has 0 aliphatic rings. The highest BCUT2D eigenvalue weighted by atomic mass is 35.5. The lowest BCUT2D eigenvalue weighted by molar-refractivity contribution is 1.11. The lowest BCUT2D eigenvalue weighted by atomic mass is 10.0. The Kier molecular flexibility index (Phi) is 3.22. The number of hydrogen-bond acceptors (Lipinski definition) is 3. The van der Waals surface area contributed by atoms with Crippen molar-refractivity contribution in [1.82, 2.24) is 10.2 Å². The topological polar surface area (TPSA) is 54.7 Å². The molecule has 0 bridgehead atoms. The van der Waals surface area contributed by atoms with Crippen LogP contribution in [0.5, 0.6) is 0 Å². The first-order valence-electron chi connectivity index (χ1n) is 5.50. The fraction of sp³-hybridized carbons (Fsp3) is 0. The van der Waals surface area contributed by atoms with E-state index in [0.717, 1.165) is 26.0 Å². The zero-order valence-corrected chi connectivity index (χ0v) is 12.0. The average Bonchev–Trinajstić information content (AvgIpc) is 2.95. The predicted octanol–water partition coefficient (Wildman–Crippen LogP) is 4.69. The van der Waals surface area contributed by atoms with Gasteiger partial charge in [-0.15, -0.1) is 11.3 Å². The Bertz CT molecular complexity index is 733. The van der Waals surface area contributed by atoms with Gasteiger partial charge in [-0.1, -0.05) is 35.3 Å². The second kappa shape index (κ2) is 4.89. The highest BCUT2D eigenvalue weighted by Gasteiger charge is 2.16. The highest BCUT2D eigenvalue weighted by Crippen LogP contribution is 2.39. The molecule has 96 valence electrons. The summed E-state index contributed by atoms with van der Waals surface area (Å²) >= 11 is 13.5. The monoisotopic (exact) mass is 309 g/mol. The summed E-state index contributed by atoms with van der Waals surface area (Å²) in [6.45, 7) is 0. The molecule has 3 aromatic rings. The molecule has 0 amide bonds. The summed E-state index contributed by atoms with van der Waals surface area (Å²) < 4.78 is 0.722. The summed E-state index contributed by atoms with van der Waals surface area (Å²) in [4.78, 5) is 0.990. The van der Waals surface area contributed by atoms with E-state index in [0.29, 0.717) is 10.8 Å². The standard InChI is InChI=1S/C13H9Cl2N3S/c14-8-3-1-2-7(6-8)11-12(17-18-13(11)16)9-4-5-10(15)19-9/h1-6H,(H3,16,17,18). The number of anilines is 1. The molecule has 0 radical (unpaired) electrons. The summed E-state index contributed by atoms with van der Waals surface area (Å²) in [5.41, 5.74) is 8.59. The van der Waals surface area contributed by atoms with Crippen LogP contribution in [0.1, 0.15) is 0 Å². The number of aromatic amines is 1. The summed E-state index contributed by atoms with van der Waals surface area (Å²) in [6.07, 6.45) is 0. The minimum Gasteiger partial charge on any atom is -0.382 e. The minimum absolute atomic E-state index is 0.446. The van der Waals surface area contributed by atoms with Gasteiger partial charge in [0.05, 0.1) is 20.5 Å². The second-order valence-corrected chi connectivity index (χ2v) is 6.12. The number of rotatable bonds is 2. The molecule has 0 spiro atoms. The summed E-state index contributed by atoms with van der Waals surface area (Å²) in [5.74, 6) is 0.446. The van der Waals surface area contributed by atoms with E-state index in [4.69, 9.17) is 28.9 Å². The number of nitrogens with two attached hydrogens (primary N) is 1. The molecule has 6 heteroatoms. The molecular formula is C13H9Cl2N3S. The van der Waals surface area contributed by atoms with Gasteiger partial charge >= 0.3 is 0 Å². The van der Waals surface area contributed by atoms with Crippen LogP contribution in [0.15, 0.2) is 36.4 Å². The van der Waals surface area contributed by atoms with Crippen LogP contribution < -0.4 is 5.73 Å². The van der Waals surface area contributed by atoms with E-state index in [9.17, 15) is 0 Å². The molecule has 3 rings (SSSR count). The maximum absolute atomic E-state index is 6.03. The van der Waals surface area contributed by atoms with Gasteiger partial charge in [0.2, 0.25) is 0 Å². The van der Waals surface area contributed by atoms with Crippen molar-refractivity contribution in [3.63, 3.8) is 0 Å². The molecule has 0 unspecified atom stereocenters. The number of hydrogen-bond donors (Lipinski definition) is 2. The molecule has 0 saturated carbocycles. The summed E-state index contributed by atoms with van der Waals surface area (Å²) in [6, 6.07) is 11.3. The van der Waals surface area contributed by atoms with Gasteiger partial charge in [0.15, 0.2) is 5.82 Å².